The average molecular weight is 318 g/mol. The molecule has 0 fully saturated rings. The van der Waals surface area contributed by atoms with Gasteiger partial charge in [-0.05, 0) is 31.5 Å². The molecular formula is C18H22O5. The summed E-state index contributed by atoms with van der Waals surface area (Å²) in [6, 6.07) is 12.4. The highest BCUT2D eigenvalue weighted by molar-refractivity contribution is 6.02. The topological polar surface area (TPSA) is 87.0 Å². The molecule has 2 rings (SSSR count). The number of ether oxygens (including phenoxy) is 1. The van der Waals surface area contributed by atoms with Gasteiger partial charge < -0.3 is 20.1 Å². The maximum atomic E-state index is 12.0. The lowest BCUT2D eigenvalue weighted by molar-refractivity contribution is 0.0744. The molecule has 1 unspecified atom stereocenters. The van der Waals surface area contributed by atoms with Crippen LogP contribution in [0.1, 0.15) is 35.9 Å². The van der Waals surface area contributed by atoms with Crippen molar-refractivity contribution in [3.05, 3.63) is 59.7 Å². The summed E-state index contributed by atoms with van der Waals surface area (Å²) < 4.78 is 4.83. The molecule has 0 heterocycles. The Morgan fingerprint density at radius 3 is 2.13 bits per heavy atom. The second-order valence-corrected chi connectivity index (χ2v) is 4.63. The fourth-order valence-corrected chi connectivity index (χ4v) is 1.87. The Kier molecular flexibility index (Phi) is 7.80. The molecule has 2 aromatic rings. The second-order valence-electron chi connectivity index (χ2n) is 4.63. The van der Waals surface area contributed by atoms with Crippen LogP contribution in [0.3, 0.4) is 0 Å². The number of aliphatic hydroxyl groups excluding tert-OH is 1. The lowest BCUT2D eigenvalue weighted by atomic mass is 9.99. The van der Waals surface area contributed by atoms with E-state index < -0.39 is 17.6 Å². The van der Waals surface area contributed by atoms with E-state index in [-0.39, 0.29) is 11.3 Å². The van der Waals surface area contributed by atoms with Gasteiger partial charge in [0.15, 0.2) is 17.3 Å². The van der Waals surface area contributed by atoms with Crippen LogP contribution >= 0.6 is 0 Å². The van der Waals surface area contributed by atoms with Crippen LogP contribution < -0.4 is 0 Å². The molecule has 0 radical (unpaired) electrons. The number of aromatic hydroxyl groups is 2. The molecule has 0 aliphatic heterocycles. The Morgan fingerprint density at radius 1 is 1.00 bits per heavy atom. The number of para-hydroxylation sites is 1. The molecule has 0 saturated heterocycles. The normalized spacial score (nSPS) is 11.3. The van der Waals surface area contributed by atoms with Crippen molar-refractivity contribution >= 4 is 5.78 Å². The number of aliphatic hydroxyl groups is 1. The van der Waals surface area contributed by atoms with Gasteiger partial charge in [-0.3, -0.25) is 4.79 Å². The number of carbonyl (C=O) groups excluding carboxylic acids is 1. The summed E-state index contributed by atoms with van der Waals surface area (Å²) >= 11 is 0. The first-order valence-electron chi connectivity index (χ1n) is 7.38. The van der Waals surface area contributed by atoms with E-state index in [1.807, 2.05) is 13.8 Å². The molecule has 0 bridgehead atoms. The molecule has 2 aromatic carbocycles. The van der Waals surface area contributed by atoms with Gasteiger partial charge in [0, 0.05) is 13.2 Å². The van der Waals surface area contributed by atoms with E-state index in [0.29, 0.717) is 5.56 Å². The molecule has 1 atom stereocenters. The lowest BCUT2D eigenvalue weighted by Crippen LogP contribution is -2.12. The first-order chi connectivity index (χ1) is 11.0. The number of phenols is 2. The highest BCUT2D eigenvalue weighted by Gasteiger charge is 2.22. The van der Waals surface area contributed by atoms with Gasteiger partial charge in [0.2, 0.25) is 0 Å². The van der Waals surface area contributed by atoms with Crippen LogP contribution in [0.25, 0.3) is 0 Å². The third kappa shape index (κ3) is 5.39. The third-order valence-electron chi connectivity index (χ3n) is 3.05. The van der Waals surface area contributed by atoms with Crippen molar-refractivity contribution < 1.29 is 24.9 Å². The van der Waals surface area contributed by atoms with Crippen LogP contribution in [0.5, 0.6) is 11.5 Å². The van der Waals surface area contributed by atoms with Crippen molar-refractivity contribution in [1.82, 2.24) is 0 Å². The fourth-order valence-electron chi connectivity index (χ4n) is 1.87. The van der Waals surface area contributed by atoms with Crippen molar-refractivity contribution in [3.8, 4) is 11.5 Å². The summed E-state index contributed by atoms with van der Waals surface area (Å²) in [6.07, 6.45) is -1.36. The molecule has 124 valence electrons. The van der Waals surface area contributed by atoms with E-state index in [1.54, 1.807) is 30.3 Å². The fraction of sp³-hybridized carbons (Fsp3) is 0.278. The van der Waals surface area contributed by atoms with E-state index in [1.165, 1.54) is 18.2 Å². The molecule has 0 spiro atoms. The van der Waals surface area contributed by atoms with Gasteiger partial charge in [-0.2, -0.15) is 0 Å². The van der Waals surface area contributed by atoms with Crippen LogP contribution in [0.2, 0.25) is 0 Å². The molecular weight excluding hydrogens is 296 g/mol. The molecule has 3 N–H and O–H groups in total. The van der Waals surface area contributed by atoms with Crippen molar-refractivity contribution in [2.45, 2.75) is 20.0 Å². The number of hydrogen-bond acceptors (Lipinski definition) is 5. The average Bonchev–Trinajstić information content (AvgIpc) is 2.58. The quantitative estimate of drug-likeness (QED) is 0.582. The highest BCUT2D eigenvalue weighted by atomic mass is 16.5. The number of carbonyl (C=O) groups is 1. The van der Waals surface area contributed by atoms with Crippen molar-refractivity contribution in [2.24, 2.45) is 0 Å². The van der Waals surface area contributed by atoms with Gasteiger partial charge >= 0.3 is 0 Å². The zero-order chi connectivity index (χ0) is 17.2. The van der Waals surface area contributed by atoms with Crippen LogP contribution in [0.15, 0.2) is 48.5 Å². The standard InChI is InChI=1S/C14H12O4.C4H10O/c15-11-8-4-7-10(13(11)17)14(18)12(16)9-5-2-1-3-6-9;1-3-5-4-2/h1-8,12,15-17H;3-4H2,1-2H3. The number of rotatable bonds is 5. The van der Waals surface area contributed by atoms with Crippen molar-refractivity contribution in [3.63, 3.8) is 0 Å². The smallest absolute Gasteiger partial charge is 0.199 e. The van der Waals surface area contributed by atoms with E-state index >= 15 is 0 Å². The Morgan fingerprint density at radius 2 is 1.61 bits per heavy atom. The summed E-state index contributed by atoms with van der Waals surface area (Å²) in [5.41, 5.74) is 0.330. The monoisotopic (exact) mass is 318 g/mol. The first kappa shape index (κ1) is 18.7. The van der Waals surface area contributed by atoms with Crippen molar-refractivity contribution in [2.75, 3.05) is 13.2 Å². The molecule has 5 nitrogen and oxygen atoms in total. The van der Waals surface area contributed by atoms with Gasteiger partial charge in [-0.25, -0.2) is 0 Å². The second kappa shape index (κ2) is 9.61. The van der Waals surface area contributed by atoms with Crippen LogP contribution in [-0.4, -0.2) is 34.3 Å². The molecule has 0 amide bonds. The minimum absolute atomic E-state index is 0.105. The van der Waals surface area contributed by atoms with Gasteiger partial charge in [0.05, 0.1) is 5.56 Å². The molecule has 0 aliphatic carbocycles. The van der Waals surface area contributed by atoms with Gasteiger partial charge in [-0.15, -0.1) is 0 Å². The Hall–Kier alpha value is -2.37. The maximum Gasteiger partial charge on any atom is 0.199 e. The molecule has 5 heteroatoms. The van der Waals surface area contributed by atoms with Crippen molar-refractivity contribution in [1.29, 1.82) is 0 Å². The molecule has 23 heavy (non-hydrogen) atoms. The third-order valence-corrected chi connectivity index (χ3v) is 3.05. The van der Waals surface area contributed by atoms with Crippen LogP contribution in [0.4, 0.5) is 0 Å². The van der Waals surface area contributed by atoms with E-state index in [4.69, 9.17) is 4.74 Å². The summed E-state index contributed by atoms with van der Waals surface area (Å²) in [6.45, 7) is 5.67. The van der Waals surface area contributed by atoms with E-state index in [0.717, 1.165) is 13.2 Å². The molecule has 0 saturated carbocycles. The van der Waals surface area contributed by atoms with Gasteiger partial charge in [-0.1, -0.05) is 36.4 Å². The summed E-state index contributed by atoms with van der Waals surface area (Å²) in [4.78, 5) is 12.0. The van der Waals surface area contributed by atoms with Crippen LogP contribution in [-0.2, 0) is 4.74 Å². The highest BCUT2D eigenvalue weighted by Crippen LogP contribution is 2.31. The van der Waals surface area contributed by atoms with E-state index in [9.17, 15) is 20.1 Å². The van der Waals surface area contributed by atoms with E-state index in [2.05, 4.69) is 0 Å². The minimum atomic E-state index is -1.36. The number of Topliss-reactive ketones (excluding diaryl/α,β-unsaturated/α-hetero) is 1. The first-order valence-corrected chi connectivity index (χ1v) is 7.38. The lowest BCUT2D eigenvalue weighted by Gasteiger charge is -2.11. The summed E-state index contributed by atoms with van der Waals surface area (Å²) in [5, 5.41) is 28.8. The predicted molar refractivity (Wildman–Crippen MR) is 87.7 cm³/mol. The zero-order valence-electron chi connectivity index (χ0n) is 13.3. The predicted octanol–water partition coefficient (Wildman–Crippen LogP) is 3.06. The number of hydrogen-bond donors (Lipinski definition) is 3. The SMILES string of the molecule is CCOCC.O=C(c1cccc(O)c1O)C(O)c1ccccc1. The van der Waals surface area contributed by atoms with Crippen LogP contribution in [0, 0.1) is 0 Å². The molecule has 0 aromatic heterocycles. The number of ketones is 1. The molecule has 0 aliphatic rings. The Bertz CT molecular complexity index is 608. The Labute approximate surface area is 135 Å². The minimum Gasteiger partial charge on any atom is -0.504 e. The zero-order valence-corrected chi connectivity index (χ0v) is 13.3. The largest absolute Gasteiger partial charge is 0.504 e. The number of phenolic OH excluding ortho intramolecular Hbond substituents is 2. The Balaban J connectivity index is 0.000000463. The summed E-state index contributed by atoms with van der Waals surface area (Å²) in [5.74, 6) is -1.56. The summed E-state index contributed by atoms with van der Waals surface area (Å²) in [7, 11) is 0. The number of benzene rings is 2. The van der Waals surface area contributed by atoms with Gasteiger partial charge in [0.25, 0.3) is 0 Å². The van der Waals surface area contributed by atoms with Gasteiger partial charge in [0.1, 0.15) is 6.10 Å². The maximum absolute atomic E-state index is 12.0.